The minimum absolute atomic E-state index is 0.00689. The molecule has 2 rings (SSSR count). The second-order valence-corrected chi connectivity index (χ2v) is 5.66. The molecule has 1 heterocycles. The smallest absolute Gasteiger partial charge is 0.323 e. The van der Waals surface area contributed by atoms with Gasteiger partial charge in [-0.1, -0.05) is 18.2 Å². The van der Waals surface area contributed by atoms with Crippen LogP contribution in [0.5, 0.6) is 0 Å². The second-order valence-electron chi connectivity index (χ2n) is 5.66. The van der Waals surface area contributed by atoms with Crippen molar-refractivity contribution in [1.29, 1.82) is 5.26 Å². The van der Waals surface area contributed by atoms with Gasteiger partial charge in [0.05, 0.1) is 17.2 Å². The second kappa shape index (κ2) is 4.93. The number of amides is 2. The molecule has 0 bridgehead atoms. The van der Waals surface area contributed by atoms with Crippen LogP contribution in [0.3, 0.4) is 0 Å². The van der Waals surface area contributed by atoms with Gasteiger partial charge in [-0.2, -0.15) is 5.26 Å². The lowest BCUT2D eigenvalue weighted by Crippen LogP contribution is -2.46. The lowest BCUT2D eigenvalue weighted by atomic mass is 9.91. The molecule has 0 unspecified atom stereocenters. The van der Waals surface area contributed by atoms with Gasteiger partial charge in [0.15, 0.2) is 0 Å². The molecule has 1 aliphatic rings. The molecular weight excluding hydrogens is 238 g/mol. The van der Waals surface area contributed by atoms with E-state index in [1.807, 2.05) is 38.1 Å². The maximum atomic E-state index is 12.3. The van der Waals surface area contributed by atoms with Crippen molar-refractivity contribution < 1.29 is 4.79 Å². The topological polar surface area (TPSA) is 47.3 Å². The first kappa shape index (κ1) is 13.4. The van der Waals surface area contributed by atoms with Crippen LogP contribution in [0.15, 0.2) is 24.3 Å². The Hall–Kier alpha value is -2.02. The third-order valence-corrected chi connectivity index (χ3v) is 3.51. The molecule has 1 aliphatic heterocycles. The maximum Gasteiger partial charge on any atom is 0.324 e. The van der Waals surface area contributed by atoms with Gasteiger partial charge >= 0.3 is 6.03 Å². The number of anilines is 1. The Balaban J connectivity index is 2.24. The summed E-state index contributed by atoms with van der Waals surface area (Å²) < 4.78 is 0. The molecular formula is C15H19N3O. The number of urea groups is 1. The predicted molar refractivity (Wildman–Crippen MR) is 74.7 cm³/mol. The van der Waals surface area contributed by atoms with E-state index in [9.17, 15) is 4.79 Å². The average Bonchev–Trinajstić information content (AvgIpc) is 2.39. The monoisotopic (exact) mass is 257 g/mol. The Bertz CT molecular complexity index is 530. The standard InChI is InChI=1S/C15H19N3O/c1-15(2,11-16)8-9-18-13-7-5-4-6-12(13)10-17(3)14(18)19/h4-7H,8-10H2,1-3H3. The van der Waals surface area contributed by atoms with Crippen LogP contribution in [0, 0.1) is 16.7 Å². The quantitative estimate of drug-likeness (QED) is 0.835. The van der Waals surface area contributed by atoms with Crippen LogP contribution >= 0.6 is 0 Å². The Kier molecular flexibility index (Phi) is 3.48. The molecule has 4 nitrogen and oxygen atoms in total. The van der Waals surface area contributed by atoms with Crippen LogP contribution < -0.4 is 4.90 Å². The van der Waals surface area contributed by atoms with Crippen molar-refractivity contribution in [2.75, 3.05) is 18.5 Å². The van der Waals surface area contributed by atoms with Crippen molar-refractivity contribution in [3.63, 3.8) is 0 Å². The van der Waals surface area contributed by atoms with E-state index >= 15 is 0 Å². The number of fused-ring (bicyclic) bond motifs is 1. The van der Waals surface area contributed by atoms with Crippen molar-refractivity contribution in [2.24, 2.45) is 5.41 Å². The molecule has 0 radical (unpaired) electrons. The zero-order valence-electron chi connectivity index (χ0n) is 11.7. The van der Waals surface area contributed by atoms with E-state index in [-0.39, 0.29) is 6.03 Å². The summed E-state index contributed by atoms with van der Waals surface area (Å²) in [7, 11) is 1.81. The van der Waals surface area contributed by atoms with Gasteiger partial charge in [0.2, 0.25) is 0 Å². The molecule has 0 atom stereocenters. The number of carbonyl (C=O) groups excluding carboxylic acids is 1. The summed E-state index contributed by atoms with van der Waals surface area (Å²) in [4.78, 5) is 15.7. The first-order chi connectivity index (χ1) is 8.94. The fourth-order valence-corrected chi connectivity index (χ4v) is 2.20. The largest absolute Gasteiger partial charge is 0.324 e. The molecule has 19 heavy (non-hydrogen) atoms. The Labute approximate surface area is 114 Å². The zero-order chi connectivity index (χ0) is 14.0. The molecule has 0 fully saturated rings. The van der Waals surface area contributed by atoms with E-state index in [4.69, 9.17) is 5.26 Å². The molecule has 0 N–H and O–H groups in total. The highest BCUT2D eigenvalue weighted by atomic mass is 16.2. The van der Waals surface area contributed by atoms with Gasteiger partial charge in [0, 0.05) is 20.1 Å². The Morgan fingerprint density at radius 2 is 2.05 bits per heavy atom. The van der Waals surface area contributed by atoms with Gasteiger partial charge in [-0.15, -0.1) is 0 Å². The third-order valence-electron chi connectivity index (χ3n) is 3.51. The van der Waals surface area contributed by atoms with Crippen LogP contribution in [0.25, 0.3) is 0 Å². The average molecular weight is 257 g/mol. The number of rotatable bonds is 3. The van der Waals surface area contributed by atoms with Gasteiger partial charge in [0.25, 0.3) is 0 Å². The summed E-state index contributed by atoms with van der Waals surface area (Å²) in [5.41, 5.74) is 1.71. The molecule has 1 aromatic rings. The van der Waals surface area contributed by atoms with E-state index in [1.54, 1.807) is 16.8 Å². The number of nitrogens with zero attached hydrogens (tertiary/aromatic N) is 3. The highest BCUT2D eigenvalue weighted by Crippen LogP contribution is 2.29. The summed E-state index contributed by atoms with van der Waals surface area (Å²) >= 11 is 0. The van der Waals surface area contributed by atoms with Crippen LogP contribution in [0.1, 0.15) is 25.8 Å². The van der Waals surface area contributed by atoms with Crippen molar-refractivity contribution in [3.8, 4) is 6.07 Å². The summed E-state index contributed by atoms with van der Waals surface area (Å²) in [6, 6.07) is 10.2. The minimum Gasteiger partial charge on any atom is -0.323 e. The van der Waals surface area contributed by atoms with E-state index < -0.39 is 5.41 Å². The van der Waals surface area contributed by atoms with E-state index in [2.05, 4.69) is 6.07 Å². The van der Waals surface area contributed by atoms with Crippen molar-refractivity contribution >= 4 is 11.7 Å². The van der Waals surface area contributed by atoms with Gasteiger partial charge in [0.1, 0.15) is 0 Å². The van der Waals surface area contributed by atoms with Crippen molar-refractivity contribution in [2.45, 2.75) is 26.8 Å². The number of carbonyl (C=O) groups is 1. The van der Waals surface area contributed by atoms with Crippen LogP contribution in [-0.2, 0) is 6.54 Å². The fourth-order valence-electron chi connectivity index (χ4n) is 2.20. The van der Waals surface area contributed by atoms with E-state index in [1.165, 1.54) is 0 Å². The molecule has 0 spiro atoms. The summed E-state index contributed by atoms with van der Waals surface area (Å²) in [5, 5.41) is 9.07. The Morgan fingerprint density at radius 3 is 2.74 bits per heavy atom. The normalized spacial score (nSPS) is 15.2. The number of hydrogen-bond acceptors (Lipinski definition) is 2. The van der Waals surface area contributed by atoms with Crippen molar-refractivity contribution in [1.82, 2.24) is 4.90 Å². The summed E-state index contributed by atoms with van der Waals surface area (Å²) in [5.74, 6) is 0. The highest BCUT2D eigenvalue weighted by molar-refractivity contribution is 5.94. The molecule has 2 amide bonds. The van der Waals surface area contributed by atoms with Gasteiger partial charge in [-0.3, -0.25) is 4.90 Å². The SMILES string of the molecule is CN1Cc2ccccc2N(CCC(C)(C)C#N)C1=O. The lowest BCUT2D eigenvalue weighted by Gasteiger charge is -2.36. The third kappa shape index (κ3) is 2.70. The number of hydrogen-bond donors (Lipinski definition) is 0. The molecule has 100 valence electrons. The van der Waals surface area contributed by atoms with E-state index in [0.29, 0.717) is 19.5 Å². The van der Waals surface area contributed by atoms with Gasteiger partial charge < -0.3 is 4.90 Å². The number of benzene rings is 1. The highest BCUT2D eigenvalue weighted by Gasteiger charge is 2.29. The molecule has 0 saturated carbocycles. The number of para-hydroxylation sites is 1. The number of nitriles is 1. The van der Waals surface area contributed by atoms with Gasteiger partial charge in [-0.05, 0) is 31.9 Å². The molecule has 0 aliphatic carbocycles. The minimum atomic E-state index is -0.411. The Morgan fingerprint density at radius 1 is 1.37 bits per heavy atom. The zero-order valence-corrected chi connectivity index (χ0v) is 11.7. The van der Waals surface area contributed by atoms with Crippen molar-refractivity contribution in [3.05, 3.63) is 29.8 Å². The van der Waals surface area contributed by atoms with Crippen LogP contribution in [0.2, 0.25) is 0 Å². The predicted octanol–water partition coefficient (Wildman–Crippen LogP) is 3.00. The molecule has 1 aromatic carbocycles. The maximum absolute atomic E-state index is 12.3. The summed E-state index contributed by atoms with van der Waals surface area (Å²) in [6.45, 7) is 5.02. The first-order valence-corrected chi connectivity index (χ1v) is 6.46. The van der Waals surface area contributed by atoms with Crippen LogP contribution in [0.4, 0.5) is 10.5 Å². The molecule has 0 saturated heterocycles. The first-order valence-electron chi connectivity index (χ1n) is 6.46. The summed E-state index contributed by atoms with van der Waals surface area (Å²) in [6.07, 6.45) is 0.664. The molecule has 0 aromatic heterocycles. The molecule has 4 heteroatoms. The van der Waals surface area contributed by atoms with Gasteiger partial charge in [-0.25, -0.2) is 4.79 Å². The lowest BCUT2D eigenvalue weighted by molar-refractivity contribution is 0.209. The van der Waals surface area contributed by atoms with Crippen LogP contribution in [-0.4, -0.2) is 24.5 Å². The fraction of sp³-hybridized carbons (Fsp3) is 0.467. The van der Waals surface area contributed by atoms with E-state index in [0.717, 1.165) is 11.3 Å².